The molecule has 2 aliphatic carbocycles. The van der Waals surface area contributed by atoms with Gasteiger partial charge in [-0.25, -0.2) is 0 Å². The molecule has 1 spiro atoms. The number of anilines is 3. The van der Waals surface area contributed by atoms with Crippen LogP contribution in [0.25, 0.3) is 83.1 Å². The van der Waals surface area contributed by atoms with Crippen molar-refractivity contribution in [3.8, 4) is 61.3 Å². The van der Waals surface area contributed by atoms with E-state index in [1.165, 1.54) is 105 Å². The summed E-state index contributed by atoms with van der Waals surface area (Å²) in [4.78, 5) is 2.40. The third kappa shape index (κ3) is 5.99. The fraction of sp³-hybridized carbons (Fsp3) is 0.0149. The van der Waals surface area contributed by atoms with Gasteiger partial charge in [0.1, 0.15) is 0 Å². The van der Waals surface area contributed by atoms with Crippen LogP contribution in [-0.2, 0) is 5.41 Å². The zero-order chi connectivity index (χ0) is 45.5. The van der Waals surface area contributed by atoms with E-state index in [2.05, 4.69) is 276 Å². The maximum Gasteiger partial charge on any atom is 0.0726 e. The molecule has 0 N–H and O–H groups in total. The zero-order valence-corrected chi connectivity index (χ0v) is 37.8. The van der Waals surface area contributed by atoms with Gasteiger partial charge in [0, 0.05) is 33.5 Å². The van der Waals surface area contributed by atoms with Crippen molar-refractivity contribution in [3.05, 3.63) is 289 Å². The summed E-state index contributed by atoms with van der Waals surface area (Å²) in [6, 6.07) is 98.2. The van der Waals surface area contributed by atoms with Crippen LogP contribution in [0.15, 0.2) is 267 Å². The molecule has 14 rings (SSSR count). The molecule has 0 bridgehead atoms. The molecule has 0 unspecified atom stereocenters. The van der Waals surface area contributed by atoms with Gasteiger partial charge in [-0.2, -0.15) is 0 Å². The molecule has 11 aromatic carbocycles. The lowest BCUT2D eigenvalue weighted by molar-refractivity contribution is 0.793. The van der Waals surface area contributed by atoms with Gasteiger partial charge in [0.05, 0.1) is 16.4 Å². The highest BCUT2D eigenvalue weighted by Gasteiger charge is 2.51. The van der Waals surface area contributed by atoms with Gasteiger partial charge in [0.2, 0.25) is 0 Å². The van der Waals surface area contributed by atoms with Crippen LogP contribution in [-0.4, -0.2) is 4.57 Å². The van der Waals surface area contributed by atoms with E-state index in [1.807, 2.05) is 0 Å². The maximum atomic E-state index is 2.46. The van der Waals surface area contributed by atoms with Gasteiger partial charge in [-0.15, -0.1) is 0 Å². The average molecular weight is 877 g/mol. The second-order valence-corrected chi connectivity index (χ2v) is 18.4. The molecule has 0 saturated carbocycles. The van der Waals surface area contributed by atoms with Crippen LogP contribution < -0.4 is 4.90 Å². The molecule has 12 aromatic rings. The minimum atomic E-state index is -0.406. The van der Waals surface area contributed by atoms with Crippen LogP contribution in [0.3, 0.4) is 0 Å². The second kappa shape index (κ2) is 15.6. The quantitative estimate of drug-likeness (QED) is 0.155. The molecule has 0 radical (unpaired) electrons. The highest BCUT2D eigenvalue weighted by molar-refractivity contribution is 6.10. The number of para-hydroxylation sites is 3. The SMILES string of the molecule is c1ccc(N(c2ccc(-c3ccc(-c4ccc(-c5ccc6c(c5)c5ccccc5n6-c5ccccc5)cc4)cc3)cc2)c2ccc3c(c2)C2(c4ccccc4-c4ccccc42)c2ccccc2-3)cc1. The number of aromatic nitrogens is 1. The summed E-state index contributed by atoms with van der Waals surface area (Å²) in [6.45, 7) is 0. The van der Waals surface area contributed by atoms with Gasteiger partial charge in [-0.1, -0.05) is 200 Å². The van der Waals surface area contributed by atoms with Gasteiger partial charge in [-0.05, 0) is 145 Å². The molecule has 0 atom stereocenters. The molecular formula is C67H44N2. The van der Waals surface area contributed by atoms with E-state index >= 15 is 0 Å². The van der Waals surface area contributed by atoms with Crippen molar-refractivity contribution < 1.29 is 0 Å². The Morgan fingerprint density at radius 3 is 1.25 bits per heavy atom. The number of rotatable bonds is 7. The molecule has 2 nitrogen and oxygen atoms in total. The van der Waals surface area contributed by atoms with Crippen molar-refractivity contribution >= 4 is 38.9 Å². The lowest BCUT2D eigenvalue weighted by Gasteiger charge is -2.32. The summed E-state index contributed by atoms with van der Waals surface area (Å²) < 4.78 is 2.37. The van der Waals surface area contributed by atoms with E-state index in [1.54, 1.807) is 0 Å². The molecule has 0 fully saturated rings. The Bertz CT molecular complexity index is 3860. The predicted molar refractivity (Wildman–Crippen MR) is 288 cm³/mol. The highest BCUT2D eigenvalue weighted by atomic mass is 15.1. The lowest BCUT2D eigenvalue weighted by atomic mass is 9.70. The van der Waals surface area contributed by atoms with Gasteiger partial charge in [0.15, 0.2) is 0 Å². The van der Waals surface area contributed by atoms with E-state index in [0.29, 0.717) is 0 Å². The van der Waals surface area contributed by atoms with Crippen LogP contribution >= 0.6 is 0 Å². The van der Waals surface area contributed by atoms with Crippen LogP contribution in [0, 0.1) is 0 Å². The number of hydrogen-bond donors (Lipinski definition) is 0. The second-order valence-electron chi connectivity index (χ2n) is 18.4. The molecule has 2 heteroatoms. The number of fused-ring (bicyclic) bond motifs is 13. The Morgan fingerprint density at radius 1 is 0.261 bits per heavy atom. The molecule has 0 saturated heterocycles. The van der Waals surface area contributed by atoms with Crippen molar-refractivity contribution in [2.75, 3.05) is 4.90 Å². The summed E-state index contributed by atoms with van der Waals surface area (Å²) in [6.07, 6.45) is 0. The third-order valence-corrected chi connectivity index (χ3v) is 14.8. The first kappa shape index (κ1) is 39.2. The molecule has 0 aliphatic heterocycles. The summed E-state index contributed by atoms with van der Waals surface area (Å²) >= 11 is 0. The largest absolute Gasteiger partial charge is 0.310 e. The van der Waals surface area contributed by atoms with E-state index in [4.69, 9.17) is 0 Å². The van der Waals surface area contributed by atoms with E-state index in [9.17, 15) is 0 Å². The molecule has 0 amide bonds. The monoisotopic (exact) mass is 876 g/mol. The Labute approximate surface area is 402 Å². The fourth-order valence-electron chi connectivity index (χ4n) is 11.8. The van der Waals surface area contributed by atoms with Crippen molar-refractivity contribution in [2.24, 2.45) is 0 Å². The fourth-order valence-corrected chi connectivity index (χ4v) is 11.8. The Kier molecular flexibility index (Phi) is 8.84. The van der Waals surface area contributed by atoms with Gasteiger partial charge >= 0.3 is 0 Å². The first-order valence-corrected chi connectivity index (χ1v) is 23.9. The predicted octanol–water partition coefficient (Wildman–Crippen LogP) is 17.6. The molecule has 2 aliphatic rings. The van der Waals surface area contributed by atoms with E-state index in [0.717, 1.165) is 17.1 Å². The van der Waals surface area contributed by atoms with Crippen molar-refractivity contribution in [2.45, 2.75) is 5.41 Å². The van der Waals surface area contributed by atoms with Crippen molar-refractivity contribution in [3.63, 3.8) is 0 Å². The Hall–Kier alpha value is -8.98. The number of nitrogens with zero attached hydrogens (tertiary/aromatic N) is 2. The summed E-state index contributed by atoms with van der Waals surface area (Å²) in [5.41, 5.74) is 24.4. The van der Waals surface area contributed by atoms with Gasteiger partial charge in [0.25, 0.3) is 0 Å². The first-order chi connectivity index (χ1) is 34.2. The topological polar surface area (TPSA) is 8.17 Å². The number of benzene rings is 11. The third-order valence-electron chi connectivity index (χ3n) is 14.8. The lowest BCUT2D eigenvalue weighted by Crippen LogP contribution is -2.26. The summed E-state index contributed by atoms with van der Waals surface area (Å²) in [5.74, 6) is 0. The smallest absolute Gasteiger partial charge is 0.0726 e. The zero-order valence-electron chi connectivity index (χ0n) is 37.8. The Balaban J connectivity index is 0.774. The summed E-state index contributed by atoms with van der Waals surface area (Å²) in [5, 5.41) is 2.52. The van der Waals surface area contributed by atoms with Gasteiger partial charge in [-0.3, -0.25) is 0 Å². The van der Waals surface area contributed by atoms with Crippen LogP contribution in [0.5, 0.6) is 0 Å². The molecular weight excluding hydrogens is 833 g/mol. The van der Waals surface area contributed by atoms with Crippen LogP contribution in [0.2, 0.25) is 0 Å². The molecule has 1 aromatic heterocycles. The summed E-state index contributed by atoms with van der Waals surface area (Å²) in [7, 11) is 0. The standard InChI is InChI=1S/C67H44N2/c1-3-15-51(16-4-1)68(54-40-41-58-57-21-9-13-25-63(57)67(64(58)44-54)61-23-11-7-19-55(61)56-20-8-12-24-62(56)67)53-38-35-48(36-39-53)47-29-27-45(28-30-47)46-31-33-49(34-32-46)50-37-42-66-60(43-50)59-22-10-14-26-65(59)69(66)52-17-5-2-6-18-52/h1-44H. The Morgan fingerprint density at radius 2 is 0.667 bits per heavy atom. The average Bonchev–Trinajstić information content (AvgIpc) is 4.03. The van der Waals surface area contributed by atoms with E-state index in [-0.39, 0.29) is 0 Å². The van der Waals surface area contributed by atoms with Gasteiger partial charge < -0.3 is 9.47 Å². The highest BCUT2D eigenvalue weighted by Crippen LogP contribution is 2.63. The minimum Gasteiger partial charge on any atom is -0.310 e. The molecule has 322 valence electrons. The van der Waals surface area contributed by atoms with E-state index < -0.39 is 5.41 Å². The first-order valence-electron chi connectivity index (χ1n) is 23.9. The molecule has 69 heavy (non-hydrogen) atoms. The van der Waals surface area contributed by atoms with Crippen LogP contribution in [0.1, 0.15) is 22.3 Å². The molecule has 1 heterocycles. The normalized spacial score (nSPS) is 12.8. The minimum absolute atomic E-state index is 0.406. The maximum absolute atomic E-state index is 2.46. The number of hydrogen-bond acceptors (Lipinski definition) is 1. The van der Waals surface area contributed by atoms with Crippen molar-refractivity contribution in [1.82, 2.24) is 4.57 Å². The van der Waals surface area contributed by atoms with Crippen molar-refractivity contribution in [1.29, 1.82) is 0 Å². The van der Waals surface area contributed by atoms with Crippen LogP contribution in [0.4, 0.5) is 17.1 Å².